The number of carbonyl (C=O) groups is 1. The van der Waals surface area contributed by atoms with Gasteiger partial charge in [0, 0.05) is 12.6 Å². The fourth-order valence-electron chi connectivity index (χ4n) is 2.03. The molecule has 0 rings (SSSR count). The van der Waals surface area contributed by atoms with E-state index in [1.807, 2.05) is 20.8 Å². The fraction of sp³-hybridized carbons (Fsp3) is 0.923. The van der Waals surface area contributed by atoms with E-state index in [4.69, 9.17) is 5.73 Å². The number of amides is 1. The average molecular weight is 243 g/mol. The molecule has 0 aliphatic rings. The Bertz CT molecular complexity index is 231. The van der Waals surface area contributed by atoms with Gasteiger partial charge in [-0.15, -0.1) is 0 Å². The predicted octanol–water partition coefficient (Wildman–Crippen LogP) is 1.35. The van der Waals surface area contributed by atoms with Gasteiger partial charge in [-0.3, -0.25) is 4.79 Å². The van der Waals surface area contributed by atoms with Crippen LogP contribution in [-0.2, 0) is 4.79 Å². The van der Waals surface area contributed by atoms with Gasteiger partial charge in [0.05, 0.1) is 5.54 Å². The van der Waals surface area contributed by atoms with E-state index in [0.29, 0.717) is 0 Å². The summed E-state index contributed by atoms with van der Waals surface area (Å²) in [5.74, 6) is -0.265. The van der Waals surface area contributed by atoms with Crippen molar-refractivity contribution in [1.82, 2.24) is 10.2 Å². The Morgan fingerprint density at radius 3 is 2.29 bits per heavy atom. The van der Waals surface area contributed by atoms with Gasteiger partial charge in [-0.25, -0.2) is 0 Å². The van der Waals surface area contributed by atoms with Crippen LogP contribution in [0.2, 0.25) is 0 Å². The Hall–Kier alpha value is -0.610. The van der Waals surface area contributed by atoms with E-state index >= 15 is 0 Å². The Morgan fingerprint density at radius 2 is 1.94 bits per heavy atom. The molecule has 3 N–H and O–H groups in total. The predicted molar refractivity (Wildman–Crippen MR) is 72.9 cm³/mol. The van der Waals surface area contributed by atoms with Crippen LogP contribution in [-0.4, -0.2) is 42.0 Å². The van der Waals surface area contributed by atoms with E-state index in [1.165, 1.54) is 0 Å². The lowest BCUT2D eigenvalue weighted by molar-refractivity contribution is -0.124. The summed E-state index contributed by atoms with van der Waals surface area (Å²) >= 11 is 0. The van der Waals surface area contributed by atoms with Crippen LogP contribution in [0.15, 0.2) is 0 Å². The minimum absolute atomic E-state index is 0.258. The second-order valence-electron chi connectivity index (χ2n) is 5.18. The molecular formula is C13H29N3O. The first-order valence-electron chi connectivity index (χ1n) is 6.65. The van der Waals surface area contributed by atoms with Crippen molar-refractivity contribution in [3.05, 3.63) is 0 Å². The molecule has 0 saturated heterocycles. The topological polar surface area (TPSA) is 58.4 Å². The smallest absolute Gasteiger partial charge is 0.237 e. The number of carbonyl (C=O) groups excluding carboxylic acids is 1. The maximum Gasteiger partial charge on any atom is 0.237 e. The van der Waals surface area contributed by atoms with Crippen molar-refractivity contribution in [2.24, 2.45) is 5.73 Å². The molecule has 0 aliphatic heterocycles. The van der Waals surface area contributed by atoms with Crippen molar-refractivity contribution in [2.45, 2.75) is 59.0 Å². The van der Waals surface area contributed by atoms with E-state index in [0.717, 1.165) is 32.5 Å². The molecule has 1 amide bonds. The number of nitrogens with two attached hydrogens (primary N) is 1. The van der Waals surface area contributed by atoms with Crippen molar-refractivity contribution < 1.29 is 4.79 Å². The minimum Gasteiger partial charge on any atom is -0.368 e. The lowest BCUT2D eigenvalue weighted by Gasteiger charge is -2.32. The molecule has 0 aromatic carbocycles. The maximum absolute atomic E-state index is 11.6. The molecule has 1 atom stereocenters. The summed E-state index contributed by atoms with van der Waals surface area (Å²) in [7, 11) is 0. The van der Waals surface area contributed by atoms with Gasteiger partial charge >= 0.3 is 0 Å². The maximum atomic E-state index is 11.6. The van der Waals surface area contributed by atoms with Gasteiger partial charge in [-0.2, -0.15) is 0 Å². The van der Waals surface area contributed by atoms with Crippen LogP contribution in [0, 0.1) is 0 Å². The van der Waals surface area contributed by atoms with Crippen LogP contribution in [0.5, 0.6) is 0 Å². The largest absolute Gasteiger partial charge is 0.368 e. The Kier molecular flexibility index (Phi) is 7.39. The highest BCUT2D eigenvalue weighted by Gasteiger charge is 2.31. The zero-order chi connectivity index (χ0) is 13.5. The van der Waals surface area contributed by atoms with Gasteiger partial charge < -0.3 is 16.0 Å². The number of nitrogens with one attached hydrogen (secondary N) is 1. The highest BCUT2D eigenvalue weighted by atomic mass is 16.1. The molecular weight excluding hydrogens is 214 g/mol. The van der Waals surface area contributed by atoms with Gasteiger partial charge in [0.25, 0.3) is 0 Å². The van der Waals surface area contributed by atoms with Crippen LogP contribution in [0.1, 0.15) is 47.5 Å². The molecule has 4 heteroatoms. The molecule has 0 aliphatic carbocycles. The third-order valence-electron chi connectivity index (χ3n) is 3.07. The molecule has 0 saturated carbocycles. The van der Waals surface area contributed by atoms with Gasteiger partial charge in [-0.05, 0) is 46.7 Å². The van der Waals surface area contributed by atoms with Crippen LogP contribution in [0.25, 0.3) is 0 Å². The van der Waals surface area contributed by atoms with E-state index in [2.05, 4.69) is 24.1 Å². The molecule has 0 fully saturated rings. The number of hydrogen-bond acceptors (Lipinski definition) is 3. The van der Waals surface area contributed by atoms with E-state index in [1.54, 1.807) is 0 Å². The summed E-state index contributed by atoms with van der Waals surface area (Å²) in [6.45, 7) is 13.3. The van der Waals surface area contributed by atoms with Crippen molar-refractivity contribution >= 4 is 5.91 Å². The third-order valence-corrected chi connectivity index (χ3v) is 3.07. The Morgan fingerprint density at radius 1 is 1.35 bits per heavy atom. The molecule has 0 bridgehead atoms. The van der Waals surface area contributed by atoms with Gasteiger partial charge in [0.2, 0.25) is 5.91 Å². The standard InChI is InChI=1S/C13H29N3O/c1-6-9-16(7-2)10-8-13(5,12(14)17)15-11(3)4/h11,15H,6-10H2,1-5H3,(H2,14,17). The highest BCUT2D eigenvalue weighted by molar-refractivity contribution is 5.84. The van der Waals surface area contributed by atoms with Crippen molar-refractivity contribution in [3.63, 3.8) is 0 Å². The lowest BCUT2D eigenvalue weighted by atomic mass is 9.95. The number of rotatable bonds is 9. The first kappa shape index (κ1) is 16.4. The summed E-state index contributed by atoms with van der Waals surface area (Å²) in [4.78, 5) is 13.9. The molecule has 17 heavy (non-hydrogen) atoms. The highest BCUT2D eigenvalue weighted by Crippen LogP contribution is 2.11. The number of primary amides is 1. The SMILES string of the molecule is CCCN(CC)CCC(C)(NC(C)C)C(N)=O. The van der Waals surface area contributed by atoms with Crippen molar-refractivity contribution in [2.75, 3.05) is 19.6 Å². The summed E-state index contributed by atoms with van der Waals surface area (Å²) in [5.41, 5.74) is 4.90. The van der Waals surface area contributed by atoms with Crippen LogP contribution in [0.4, 0.5) is 0 Å². The summed E-state index contributed by atoms with van der Waals surface area (Å²) < 4.78 is 0. The Balaban J connectivity index is 4.39. The number of nitrogens with zero attached hydrogens (tertiary/aromatic N) is 1. The first-order chi connectivity index (χ1) is 7.85. The molecule has 0 radical (unpaired) electrons. The number of hydrogen-bond donors (Lipinski definition) is 2. The molecule has 0 spiro atoms. The van der Waals surface area contributed by atoms with Crippen LogP contribution >= 0.6 is 0 Å². The van der Waals surface area contributed by atoms with Crippen LogP contribution < -0.4 is 11.1 Å². The van der Waals surface area contributed by atoms with Crippen molar-refractivity contribution in [1.29, 1.82) is 0 Å². The minimum atomic E-state index is -0.602. The quantitative estimate of drug-likeness (QED) is 0.643. The third kappa shape index (κ3) is 6.03. The van der Waals surface area contributed by atoms with Gasteiger partial charge in [0.1, 0.15) is 0 Å². The molecule has 1 unspecified atom stereocenters. The molecule has 4 nitrogen and oxygen atoms in total. The monoisotopic (exact) mass is 243 g/mol. The fourth-order valence-corrected chi connectivity index (χ4v) is 2.03. The first-order valence-corrected chi connectivity index (χ1v) is 6.65. The molecule has 0 aromatic rings. The summed E-state index contributed by atoms with van der Waals surface area (Å²) in [6.07, 6.45) is 1.90. The van der Waals surface area contributed by atoms with Crippen molar-refractivity contribution in [3.8, 4) is 0 Å². The van der Waals surface area contributed by atoms with E-state index in [-0.39, 0.29) is 11.9 Å². The van der Waals surface area contributed by atoms with E-state index < -0.39 is 5.54 Å². The second-order valence-corrected chi connectivity index (χ2v) is 5.18. The Labute approximate surface area is 106 Å². The lowest BCUT2D eigenvalue weighted by Crippen LogP contribution is -2.56. The summed E-state index contributed by atoms with van der Waals surface area (Å²) in [6, 6.07) is 0.258. The van der Waals surface area contributed by atoms with Gasteiger partial charge in [0.15, 0.2) is 0 Å². The van der Waals surface area contributed by atoms with Crippen LogP contribution in [0.3, 0.4) is 0 Å². The molecule has 102 valence electrons. The molecule has 0 aromatic heterocycles. The normalized spacial score (nSPS) is 15.2. The summed E-state index contributed by atoms with van der Waals surface area (Å²) in [5, 5.41) is 3.28. The zero-order valence-electron chi connectivity index (χ0n) is 12.0. The molecule has 0 heterocycles. The van der Waals surface area contributed by atoms with E-state index in [9.17, 15) is 4.79 Å². The van der Waals surface area contributed by atoms with Gasteiger partial charge in [-0.1, -0.05) is 13.8 Å². The second kappa shape index (κ2) is 7.67. The zero-order valence-corrected chi connectivity index (χ0v) is 12.0. The average Bonchev–Trinajstić information content (AvgIpc) is 2.23.